The highest BCUT2D eigenvalue weighted by Gasteiger charge is 2.01. The number of pyridine rings is 1. The summed E-state index contributed by atoms with van der Waals surface area (Å²) in [6.07, 6.45) is 1.08. The second kappa shape index (κ2) is 4.45. The number of hydrogen-bond donors (Lipinski definition) is 1. The van der Waals surface area contributed by atoms with E-state index in [1.807, 2.05) is 25.1 Å². The molecule has 5 heteroatoms. The summed E-state index contributed by atoms with van der Waals surface area (Å²) in [5.41, 5.74) is 0.613. The summed E-state index contributed by atoms with van der Waals surface area (Å²) in [7, 11) is 5.11. The number of nitrogens with zero attached hydrogens (tertiary/aromatic N) is 2. The summed E-state index contributed by atoms with van der Waals surface area (Å²) < 4.78 is 4.44. The van der Waals surface area contributed by atoms with E-state index in [0.29, 0.717) is 5.69 Å². The van der Waals surface area contributed by atoms with Crippen molar-refractivity contribution in [1.82, 2.24) is 4.98 Å². The molecular formula is C9H13N3O2. The third-order valence-electron chi connectivity index (χ3n) is 1.64. The van der Waals surface area contributed by atoms with Gasteiger partial charge in [0.25, 0.3) is 0 Å². The number of nitrogens with one attached hydrogen (secondary N) is 1. The monoisotopic (exact) mass is 195 g/mol. The van der Waals surface area contributed by atoms with Crippen molar-refractivity contribution in [2.45, 2.75) is 0 Å². The molecule has 0 unspecified atom stereocenters. The molecule has 0 aliphatic carbocycles. The van der Waals surface area contributed by atoms with E-state index in [9.17, 15) is 4.79 Å². The van der Waals surface area contributed by atoms with Gasteiger partial charge in [-0.2, -0.15) is 0 Å². The second-order valence-corrected chi connectivity index (χ2v) is 2.92. The highest BCUT2D eigenvalue weighted by atomic mass is 16.5. The van der Waals surface area contributed by atoms with E-state index in [4.69, 9.17) is 0 Å². The summed E-state index contributed by atoms with van der Waals surface area (Å²) in [5.74, 6) is 0.834. The van der Waals surface area contributed by atoms with Crippen LogP contribution in [0, 0.1) is 0 Å². The van der Waals surface area contributed by atoms with Crippen molar-refractivity contribution >= 4 is 17.6 Å². The Bertz CT molecular complexity index is 308. The lowest BCUT2D eigenvalue weighted by molar-refractivity contribution is 0.187. The van der Waals surface area contributed by atoms with Crippen molar-refractivity contribution in [1.29, 1.82) is 0 Å². The fourth-order valence-electron chi connectivity index (χ4n) is 0.893. The molecule has 5 nitrogen and oxygen atoms in total. The number of methoxy groups -OCH3 is 1. The zero-order valence-corrected chi connectivity index (χ0v) is 8.44. The van der Waals surface area contributed by atoms with E-state index in [2.05, 4.69) is 15.0 Å². The topological polar surface area (TPSA) is 54.5 Å². The highest BCUT2D eigenvalue weighted by molar-refractivity contribution is 5.84. The van der Waals surface area contributed by atoms with Crippen LogP contribution >= 0.6 is 0 Å². The molecule has 0 atom stereocenters. The first-order chi connectivity index (χ1) is 6.63. The Balaban J connectivity index is 2.69. The van der Waals surface area contributed by atoms with Crippen molar-refractivity contribution < 1.29 is 9.53 Å². The molecule has 0 aliphatic rings. The Morgan fingerprint density at radius 2 is 2.21 bits per heavy atom. The van der Waals surface area contributed by atoms with Crippen molar-refractivity contribution in [2.75, 3.05) is 31.4 Å². The zero-order valence-electron chi connectivity index (χ0n) is 8.44. The highest BCUT2D eigenvalue weighted by Crippen LogP contribution is 2.11. The largest absolute Gasteiger partial charge is 0.453 e. The molecule has 14 heavy (non-hydrogen) atoms. The van der Waals surface area contributed by atoms with Gasteiger partial charge in [0.15, 0.2) is 0 Å². The average molecular weight is 195 g/mol. The van der Waals surface area contributed by atoms with Gasteiger partial charge in [-0.05, 0) is 12.1 Å². The summed E-state index contributed by atoms with van der Waals surface area (Å²) in [5, 5.41) is 2.52. The van der Waals surface area contributed by atoms with Crippen molar-refractivity contribution in [3.05, 3.63) is 18.3 Å². The molecule has 0 saturated heterocycles. The molecule has 0 bridgehead atoms. The lowest BCUT2D eigenvalue weighted by atomic mass is 10.4. The molecule has 1 aromatic rings. The molecule has 1 aromatic heterocycles. The second-order valence-electron chi connectivity index (χ2n) is 2.92. The van der Waals surface area contributed by atoms with Gasteiger partial charge in [-0.3, -0.25) is 5.32 Å². The average Bonchev–Trinajstić information content (AvgIpc) is 2.18. The van der Waals surface area contributed by atoms with Gasteiger partial charge in [-0.1, -0.05) is 0 Å². The number of aromatic nitrogens is 1. The number of ether oxygens (including phenoxy) is 1. The minimum Gasteiger partial charge on any atom is -0.453 e. The summed E-state index contributed by atoms with van der Waals surface area (Å²) >= 11 is 0. The smallest absolute Gasteiger partial charge is 0.411 e. The molecule has 76 valence electrons. The van der Waals surface area contributed by atoms with Gasteiger partial charge in [-0.15, -0.1) is 0 Å². The van der Waals surface area contributed by atoms with E-state index in [-0.39, 0.29) is 0 Å². The number of hydrogen-bond acceptors (Lipinski definition) is 4. The molecule has 0 fully saturated rings. The molecule has 1 N–H and O–H groups in total. The quantitative estimate of drug-likeness (QED) is 0.773. The van der Waals surface area contributed by atoms with Gasteiger partial charge < -0.3 is 9.64 Å². The van der Waals surface area contributed by atoms with Crippen LogP contribution < -0.4 is 10.2 Å². The molecule has 0 spiro atoms. The third kappa shape index (κ3) is 2.62. The first-order valence-corrected chi connectivity index (χ1v) is 4.12. The Labute approximate surface area is 82.7 Å². The summed E-state index contributed by atoms with van der Waals surface area (Å²) in [6, 6.07) is 3.57. The first kappa shape index (κ1) is 10.3. The Morgan fingerprint density at radius 1 is 1.50 bits per heavy atom. The zero-order chi connectivity index (χ0) is 10.6. The molecule has 1 rings (SSSR count). The molecule has 0 aliphatic heterocycles. The van der Waals surface area contributed by atoms with Crippen LogP contribution in [0.15, 0.2) is 18.3 Å². The van der Waals surface area contributed by atoms with Crippen LogP contribution in [0.2, 0.25) is 0 Å². The Morgan fingerprint density at radius 3 is 2.64 bits per heavy atom. The van der Waals surface area contributed by atoms with E-state index >= 15 is 0 Å². The van der Waals surface area contributed by atoms with Gasteiger partial charge in [0.05, 0.1) is 19.0 Å². The SMILES string of the molecule is COC(=O)Nc1ccc(N(C)C)nc1. The maximum atomic E-state index is 10.8. The number of amides is 1. The van der Waals surface area contributed by atoms with Crippen LogP contribution in [0.25, 0.3) is 0 Å². The van der Waals surface area contributed by atoms with E-state index in [0.717, 1.165) is 5.82 Å². The molecule has 1 amide bonds. The third-order valence-corrected chi connectivity index (χ3v) is 1.64. The van der Waals surface area contributed by atoms with Gasteiger partial charge in [0.1, 0.15) is 5.82 Å². The minimum atomic E-state index is -0.496. The van der Waals surface area contributed by atoms with E-state index in [1.54, 1.807) is 12.3 Å². The lowest BCUT2D eigenvalue weighted by Crippen LogP contribution is -2.13. The molecule has 0 saturated carbocycles. The predicted molar refractivity (Wildman–Crippen MR) is 54.6 cm³/mol. The maximum Gasteiger partial charge on any atom is 0.411 e. The maximum absolute atomic E-state index is 10.8. The summed E-state index contributed by atoms with van der Waals surface area (Å²) in [6.45, 7) is 0. The molecule has 0 radical (unpaired) electrons. The number of rotatable bonds is 2. The van der Waals surface area contributed by atoms with Gasteiger partial charge in [0.2, 0.25) is 0 Å². The van der Waals surface area contributed by atoms with Crippen LogP contribution in [-0.2, 0) is 4.74 Å². The van der Waals surface area contributed by atoms with E-state index in [1.165, 1.54) is 7.11 Å². The van der Waals surface area contributed by atoms with Crippen LogP contribution in [-0.4, -0.2) is 32.3 Å². The van der Waals surface area contributed by atoms with Crippen LogP contribution in [0.1, 0.15) is 0 Å². The van der Waals surface area contributed by atoms with Gasteiger partial charge >= 0.3 is 6.09 Å². The number of carbonyl (C=O) groups is 1. The molecule has 1 heterocycles. The predicted octanol–water partition coefficient (Wildman–Crippen LogP) is 1.33. The summed E-state index contributed by atoms with van der Waals surface area (Å²) in [4.78, 5) is 16.8. The minimum absolute atomic E-state index is 0.496. The van der Waals surface area contributed by atoms with Crippen LogP contribution in [0.5, 0.6) is 0 Å². The first-order valence-electron chi connectivity index (χ1n) is 4.12. The van der Waals surface area contributed by atoms with Crippen molar-refractivity contribution in [3.8, 4) is 0 Å². The fourth-order valence-corrected chi connectivity index (χ4v) is 0.893. The van der Waals surface area contributed by atoms with Gasteiger partial charge in [-0.25, -0.2) is 9.78 Å². The number of anilines is 2. The van der Waals surface area contributed by atoms with Crippen molar-refractivity contribution in [2.24, 2.45) is 0 Å². The van der Waals surface area contributed by atoms with E-state index < -0.39 is 6.09 Å². The lowest BCUT2D eigenvalue weighted by Gasteiger charge is -2.11. The Hall–Kier alpha value is -1.78. The standard InChI is InChI=1S/C9H13N3O2/c1-12(2)8-5-4-7(6-10-8)11-9(13)14-3/h4-6H,1-3H3,(H,11,13). The van der Waals surface area contributed by atoms with Crippen molar-refractivity contribution in [3.63, 3.8) is 0 Å². The van der Waals surface area contributed by atoms with Crippen LogP contribution in [0.3, 0.4) is 0 Å². The Kier molecular flexibility index (Phi) is 3.28. The van der Waals surface area contributed by atoms with Gasteiger partial charge in [0, 0.05) is 14.1 Å². The van der Waals surface area contributed by atoms with Crippen LogP contribution in [0.4, 0.5) is 16.3 Å². The molecular weight excluding hydrogens is 182 g/mol. The number of carbonyl (C=O) groups excluding carboxylic acids is 1. The molecule has 0 aromatic carbocycles. The normalized spacial score (nSPS) is 9.36. The fraction of sp³-hybridized carbons (Fsp3) is 0.333.